The molecule has 1 aromatic rings. The third-order valence-electron chi connectivity index (χ3n) is 5.97. The molecule has 5 nitrogen and oxygen atoms in total. The summed E-state index contributed by atoms with van der Waals surface area (Å²) in [5.74, 6) is -0.0247. The van der Waals surface area contributed by atoms with Crippen molar-refractivity contribution in [1.29, 1.82) is 0 Å². The van der Waals surface area contributed by atoms with Crippen LogP contribution in [0.5, 0.6) is 0 Å². The van der Waals surface area contributed by atoms with Crippen molar-refractivity contribution in [3.8, 4) is 0 Å². The van der Waals surface area contributed by atoms with Crippen LogP contribution in [-0.4, -0.2) is 21.9 Å². The van der Waals surface area contributed by atoms with E-state index in [1.54, 1.807) is 12.1 Å². The van der Waals surface area contributed by atoms with E-state index >= 15 is 0 Å². The third-order valence-corrected chi connectivity index (χ3v) is 6.78. The number of anilines is 1. The Kier molecular flexibility index (Phi) is 16.5. The minimum absolute atomic E-state index is 0.0247. The Morgan fingerprint density at radius 3 is 1.75 bits per heavy atom. The van der Waals surface area contributed by atoms with Gasteiger partial charge in [-0.2, -0.15) is 0 Å². The van der Waals surface area contributed by atoms with Gasteiger partial charge in [-0.05, 0) is 24.5 Å². The number of hydrogen-bond donors (Lipinski definition) is 3. The van der Waals surface area contributed by atoms with Gasteiger partial charge in [-0.1, -0.05) is 115 Å². The highest BCUT2D eigenvalue weighted by Crippen LogP contribution is 2.35. The first-order chi connectivity index (χ1) is 15.4. The maximum atomic E-state index is 12.2. The van der Waals surface area contributed by atoms with Crippen molar-refractivity contribution in [3.63, 3.8) is 0 Å². The molecule has 0 aliphatic rings. The second-order valence-electron chi connectivity index (χ2n) is 9.04. The Morgan fingerprint density at radius 1 is 0.781 bits per heavy atom. The normalized spacial score (nSPS) is 11.6. The van der Waals surface area contributed by atoms with E-state index in [4.69, 9.17) is 9.79 Å². The minimum Gasteiger partial charge on any atom is -0.326 e. The average Bonchev–Trinajstić information content (AvgIpc) is 2.75. The van der Waals surface area contributed by atoms with Crippen molar-refractivity contribution in [2.45, 2.75) is 116 Å². The van der Waals surface area contributed by atoms with Crippen LogP contribution in [0.4, 0.5) is 5.69 Å². The molecule has 0 spiro atoms. The van der Waals surface area contributed by atoms with Gasteiger partial charge < -0.3 is 15.1 Å². The molecule has 3 N–H and O–H groups in total. The predicted molar refractivity (Wildman–Crippen MR) is 135 cm³/mol. The van der Waals surface area contributed by atoms with Crippen LogP contribution in [0.3, 0.4) is 0 Å². The first-order valence-electron chi connectivity index (χ1n) is 12.8. The number of para-hydroxylation sites is 1. The largest absolute Gasteiger partial charge is 0.326 e. The molecule has 1 amide bonds. The molecule has 184 valence electrons. The number of amides is 1. The lowest BCUT2D eigenvalue weighted by Crippen LogP contribution is -2.13. The maximum absolute atomic E-state index is 12.2. The molecule has 0 aliphatic heterocycles. The van der Waals surface area contributed by atoms with Crippen molar-refractivity contribution in [3.05, 3.63) is 29.8 Å². The van der Waals surface area contributed by atoms with Crippen LogP contribution in [0.15, 0.2) is 24.3 Å². The van der Waals surface area contributed by atoms with Crippen molar-refractivity contribution in [1.82, 2.24) is 0 Å². The zero-order valence-corrected chi connectivity index (χ0v) is 21.1. The zero-order valence-electron chi connectivity index (χ0n) is 20.2. The van der Waals surface area contributed by atoms with Gasteiger partial charge in [0.15, 0.2) is 0 Å². The molecular formula is C26H46NO4P. The number of hydrogen-bond acceptors (Lipinski definition) is 2. The summed E-state index contributed by atoms with van der Waals surface area (Å²) in [5.41, 5.74) is 1.42. The van der Waals surface area contributed by atoms with Crippen molar-refractivity contribution >= 4 is 19.2 Å². The lowest BCUT2D eigenvalue weighted by Gasteiger charge is -2.11. The predicted octanol–water partition coefficient (Wildman–Crippen LogP) is 7.61. The summed E-state index contributed by atoms with van der Waals surface area (Å²) in [6.45, 7) is 2.26. The van der Waals surface area contributed by atoms with E-state index in [0.717, 1.165) is 18.4 Å². The fourth-order valence-electron chi connectivity index (χ4n) is 4.00. The van der Waals surface area contributed by atoms with Gasteiger partial charge in [-0.15, -0.1) is 0 Å². The fourth-order valence-corrected chi connectivity index (χ4v) is 4.53. The highest BCUT2D eigenvalue weighted by molar-refractivity contribution is 7.51. The number of nitrogens with one attached hydrogen (secondary N) is 1. The summed E-state index contributed by atoms with van der Waals surface area (Å²) in [7, 11) is -4.04. The van der Waals surface area contributed by atoms with Crippen LogP contribution in [0.2, 0.25) is 0 Å². The Balaban J connectivity index is 2.01. The molecule has 1 aromatic carbocycles. The summed E-state index contributed by atoms with van der Waals surface area (Å²) < 4.78 is 11.1. The van der Waals surface area contributed by atoms with E-state index in [-0.39, 0.29) is 18.5 Å². The summed E-state index contributed by atoms with van der Waals surface area (Å²) in [4.78, 5) is 30.4. The van der Waals surface area contributed by atoms with Gasteiger partial charge >= 0.3 is 7.60 Å². The number of aryl methyl sites for hydroxylation is 1. The number of carbonyl (C=O) groups excluding carboxylic acids is 1. The van der Waals surface area contributed by atoms with Gasteiger partial charge in [0.2, 0.25) is 5.91 Å². The topological polar surface area (TPSA) is 86.6 Å². The number of carbonyl (C=O) groups is 1. The molecule has 0 fully saturated rings. The molecule has 32 heavy (non-hydrogen) atoms. The molecule has 1 rings (SSSR count). The van der Waals surface area contributed by atoms with E-state index in [0.29, 0.717) is 12.1 Å². The molecule has 0 unspecified atom stereocenters. The summed E-state index contributed by atoms with van der Waals surface area (Å²) in [6, 6.07) is 7.24. The summed E-state index contributed by atoms with van der Waals surface area (Å²) in [5, 5.41) is 2.90. The molecule has 0 heterocycles. The van der Waals surface area contributed by atoms with Crippen LogP contribution < -0.4 is 5.32 Å². The van der Waals surface area contributed by atoms with Crippen LogP contribution >= 0.6 is 7.60 Å². The second kappa shape index (κ2) is 18.3. The quantitative estimate of drug-likeness (QED) is 0.136. The first-order valence-corrected chi connectivity index (χ1v) is 14.6. The maximum Gasteiger partial charge on any atom is 0.325 e. The Morgan fingerprint density at radius 2 is 1.25 bits per heavy atom. The van der Waals surface area contributed by atoms with E-state index in [1.165, 1.54) is 83.5 Å². The molecule has 0 aromatic heterocycles. The Hall–Kier alpha value is -1.16. The minimum atomic E-state index is -4.04. The van der Waals surface area contributed by atoms with Crippen molar-refractivity contribution in [2.75, 3.05) is 11.5 Å². The van der Waals surface area contributed by atoms with Gasteiger partial charge in [-0.3, -0.25) is 9.36 Å². The van der Waals surface area contributed by atoms with Gasteiger partial charge in [-0.25, -0.2) is 0 Å². The molecule has 0 saturated heterocycles. The summed E-state index contributed by atoms with van der Waals surface area (Å²) in [6.07, 6.45) is 20.0. The van der Waals surface area contributed by atoms with E-state index in [9.17, 15) is 9.36 Å². The van der Waals surface area contributed by atoms with E-state index in [1.807, 2.05) is 12.1 Å². The lowest BCUT2D eigenvalue weighted by atomic mass is 10.0. The molecule has 0 aliphatic carbocycles. The van der Waals surface area contributed by atoms with Crippen molar-refractivity contribution in [2.24, 2.45) is 0 Å². The smallest absolute Gasteiger partial charge is 0.325 e. The molecular weight excluding hydrogens is 421 g/mol. The number of unbranched alkanes of at least 4 members (excludes halogenated alkanes) is 14. The van der Waals surface area contributed by atoms with Crippen LogP contribution in [0.25, 0.3) is 0 Å². The van der Waals surface area contributed by atoms with Crippen molar-refractivity contribution < 1.29 is 19.1 Å². The van der Waals surface area contributed by atoms with E-state index < -0.39 is 7.60 Å². The number of rotatable bonds is 20. The highest BCUT2D eigenvalue weighted by Gasteiger charge is 2.14. The van der Waals surface area contributed by atoms with Crippen LogP contribution in [0.1, 0.15) is 115 Å². The van der Waals surface area contributed by atoms with Gasteiger partial charge in [0.25, 0.3) is 0 Å². The molecule has 6 heteroatoms. The molecule has 0 bridgehead atoms. The monoisotopic (exact) mass is 467 g/mol. The van der Waals surface area contributed by atoms with Gasteiger partial charge in [0.1, 0.15) is 0 Å². The van der Waals surface area contributed by atoms with Gasteiger partial charge in [0.05, 0.1) is 6.16 Å². The summed E-state index contributed by atoms with van der Waals surface area (Å²) >= 11 is 0. The van der Waals surface area contributed by atoms with Crippen LogP contribution in [0, 0.1) is 0 Å². The molecule has 0 atom stereocenters. The third kappa shape index (κ3) is 16.5. The highest BCUT2D eigenvalue weighted by atomic mass is 31.2. The van der Waals surface area contributed by atoms with Crippen LogP contribution in [-0.2, 0) is 15.8 Å². The van der Waals surface area contributed by atoms with E-state index in [2.05, 4.69) is 12.2 Å². The van der Waals surface area contributed by atoms with Gasteiger partial charge in [0, 0.05) is 12.1 Å². The lowest BCUT2D eigenvalue weighted by molar-refractivity contribution is -0.116. The fraction of sp³-hybridized carbons (Fsp3) is 0.731. The SMILES string of the molecule is CCCCCCCCCCCCCCCCCC(=O)Nc1ccccc1CCP(=O)(O)O. The zero-order chi connectivity index (χ0) is 23.5. The molecule has 0 radical (unpaired) electrons. The Labute approximate surface area is 195 Å². The second-order valence-corrected chi connectivity index (χ2v) is 10.8. The Bertz CT molecular complexity index is 659. The molecule has 0 saturated carbocycles. The first kappa shape index (κ1) is 28.9. The number of benzene rings is 1. The average molecular weight is 468 g/mol. The standard InChI is InChI=1S/C26H46NO4P/c1-2-3-4-5-6-7-8-9-10-11-12-13-14-15-16-21-26(28)27-25-20-18-17-19-24(25)22-23-32(29,30)31/h17-20H,2-16,21-23H2,1H3,(H,27,28)(H2,29,30,31).